The lowest BCUT2D eigenvalue weighted by molar-refractivity contribution is 0.107. The maximum absolute atomic E-state index is 13.8. The van der Waals surface area contributed by atoms with E-state index >= 15 is 0 Å². The van der Waals surface area contributed by atoms with Crippen molar-refractivity contribution in [1.82, 2.24) is 14.5 Å². The fourth-order valence-electron chi connectivity index (χ4n) is 5.26. The van der Waals surface area contributed by atoms with Crippen molar-refractivity contribution >= 4 is 11.6 Å². The molecular formula is C28H34N4O. The SMILES string of the molecule is Cc1ccc(N2CN(C3CCCCC3)Cn3c2nc(C)c(Cc2ccccc2)c3=O)cc1C. The number of hydrogen-bond acceptors (Lipinski definition) is 4. The minimum absolute atomic E-state index is 0.0932. The summed E-state index contributed by atoms with van der Waals surface area (Å²) in [5.74, 6) is 0.768. The summed E-state index contributed by atoms with van der Waals surface area (Å²) in [7, 11) is 0. The molecular weight excluding hydrogens is 408 g/mol. The van der Waals surface area contributed by atoms with Crippen LogP contribution in [-0.4, -0.2) is 27.2 Å². The number of hydrogen-bond donors (Lipinski definition) is 0. The zero-order chi connectivity index (χ0) is 22.9. The van der Waals surface area contributed by atoms with E-state index < -0.39 is 0 Å². The molecule has 2 heterocycles. The molecule has 33 heavy (non-hydrogen) atoms. The Morgan fingerprint density at radius 1 is 0.909 bits per heavy atom. The Hall–Kier alpha value is -2.92. The molecule has 0 radical (unpaired) electrons. The fourth-order valence-corrected chi connectivity index (χ4v) is 5.26. The van der Waals surface area contributed by atoms with Gasteiger partial charge < -0.3 is 0 Å². The maximum Gasteiger partial charge on any atom is 0.259 e. The van der Waals surface area contributed by atoms with Crippen molar-refractivity contribution in [3.8, 4) is 0 Å². The summed E-state index contributed by atoms with van der Waals surface area (Å²) in [5.41, 5.74) is 6.51. The Morgan fingerprint density at radius 2 is 1.67 bits per heavy atom. The first-order valence-corrected chi connectivity index (χ1v) is 12.2. The Bertz CT molecular complexity index is 1190. The van der Waals surface area contributed by atoms with Crippen LogP contribution in [0, 0.1) is 20.8 Å². The van der Waals surface area contributed by atoms with Crippen LogP contribution < -0.4 is 10.5 Å². The lowest BCUT2D eigenvalue weighted by Crippen LogP contribution is -2.52. The number of benzene rings is 2. The molecule has 0 spiro atoms. The fraction of sp³-hybridized carbons (Fsp3) is 0.429. The summed E-state index contributed by atoms with van der Waals surface area (Å²) in [6.07, 6.45) is 6.91. The molecule has 2 aromatic carbocycles. The summed E-state index contributed by atoms with van der Waals surface area (Å²) in [6.45, 7) is 7.66. The molecule has 5 rings (SSSR count). The third kappa shape index (κ3) is 4.34. The summed E-state index contributed by atoms with van der Waals surface area (Å²) in [5, 5.41) is 0. The Balaban J connectivity index is 1.60. The van der Waals surface area contributed by atoms with Crippen molar-refractivity contribution < 1.29 is 0 Å². The van der Waals surface area contributed by atoms with Crippen LogP contribution in [0.25, 0.3) is 0 Å². The monoisotopic (exact) mass is 442 g/mol. The predicted octanol–water partition coefficient (Wildman–Crippen LogP) is 5.46. The molecule has 0 atom stereocenters. The third-order valence-corrected chi connectivity index (χ3v) is 7.45. The van der Waals surface area contributed by atoms with Gasteiger partial charge in [-0.15, -0.1) is 0 Å². The Kier molecular flexibility index (Phi) is 6.07. The Labute approximate surface area is 196 Å². The Morgan fingerprint density at radius 3 is 2.39 bits per heavy atom. The zero-order valence-electron chi connectivity index (χ0n) is 20.1. The van der Waals surface area contributed by atoms with Crippen LogP contribution in [0.2, 0.25) is 0 Å². The predicted molar refractivity (Wildman–Crippen MR) is 134 cm³/mol. The van der Waals surface area contributed by atoms with Gasteiger partial charge in [0.05, 0.1) is 19.0 Å². The molecule has 0 unspecified atom stereocenters. The van der Waals surface area contributed by atoms with Crippen LogP contribution in [0.5, 0.6) is 0 Å². The van der Waals surface area contributed by atoms with Crippen LogP contribution in [0.15, 0.2) is 53.3 Å². The normalized spacial score (nSPS) is 17.2. The van der Waals surface area contributed by atoms with Crippen LogP contribution in [0.1, 0.15) is 60.1 Å². The smallest absolute Gasteiger partial charge is 0.259 e. The lowest BCUT2D eigenvalue weighted by atomic mass is 9.94. The number of aryl methyl sites for hydroxylation is 3. The maximum atomic E-state index is 13.8. The molecule has 0 amide bonds. The standard InChI is InChI=1S/C28H34N4O/c1-20-14-15-25(16-21(20)2)31-18-30(24-12-8-5-9-13-24)19-32-27(33)26(22(3)29-28(31)32)17-23-10-6-4-7-11-23/h4,6-7,10-11,14-16,24H,5,8-9,12-13,17-19H2,1-3H3. The van der Waals surface area contributed by atoms with Crippen LogP contribution >= 0.6 is 0 Å². The third-order valence-electron chi connectivity index (χ3n) is 7.45. The highest BCUT2D eigenvalue weighted by Gasteiger charge is 2.32. The molecule has 1 fully saturated rings. The summed E-state index contributed by atoms with van der Waals surface area (Å²) >= 11 is 0. The quantitative estimate of drug-likeness (QED) is 0.538. The number of anilines is 2. The molecule has 5 heteroatoms. The van der Waals surface area contributed by atoms with Gasteiger partial charge in [0.2, 0.25) is 5.95 Å². The van der Waals surface area contributed by atoms with Gasteiger partial charge in [-0.25, -0.2) is 4.98 Å². The van der Waals surface area contributed by atoms with E-state index in [1.807, 2.05) is 29.7 Å². The molecule has 0 N–H and O–H groups in total. The molecule has 1 aliphatic carbocycles. The highest BCUT2D eigenvalue weighted by molar-refractivity contribution is 5.60. The molecule has 3 aromatic rings. The van der Waals surface area contributed by atoms with Crippen molar-refractivity contribution in [2.75, 3.05) is 11.6 Å². The molecule has 5 nitrogen and oxygen atoms in total. The van der Waals surface area contributed by atoms with E-state index in [0.29, 0.717) is 19.1 Å². The number of aromatic nitrogens is 2. The van der Waals surface area contributed by atoms with Gasteiger partial charge in [-0.3, -0.25) is 19.2 Å². The highest BCUT2D eigenvalue weighted by Crippen LogP contribution is 2.32. The molecule has 1 aromatic heterocycles. The van der Waals surface area contributed by atoms with Gasteiger partial charge >= 0.3 is 0 Å². The van der Waals surface area contributed by atoms with E-state index in [1.54, 1.807) is 0 Å². The van der Waals surface area contributed by atoms with Crippen LogP contribution in [-0.2, 0) is 13.1 Å². The first-order valence-electron chi connectivity index (χ1n) is 12.2. The number of rotatable bonds is 4. The summed E-state index contributed by atoms with van der Waals surface area (Å²) in [4.78, 5) is 23.6. The van der Waals surface area contributed by atoms with Crippen LogP contribution in [0.4, 0.5) is 11.6 Å². The number of nitrogens with zero attached hydrogens (tertiary/aromatic N) is 4. The van der Waals surface area contributed by atoms with E-state index in [2.05, 4.69) is 54.0 Å². The summed E-state index contributed by atoms with van der Waals surface area (Å²) < 4.78 is 1.92. The molecule has 1 saturated carbocycles. The molecule has 0 bridgehead atoms. The van der Waals surface area contributed by atoms with E-state index in [-0.39, 0.29) is 5.56 Å². The average Bonchev–Trinajstić information content (AvgIpc) is 2.84. The van der Waals surface area contributed by atoms with Crippen molar-refractivity contribution in [2.45, 2.75) is 72.0 Å². The minimum Gasteiger partial charge on any atom is -0.298 e. The molecule has 2 aliphatic rings. The van der Waals surface area contributed by atoms with Crippen molar-refractivity contribution in [3.05, 3.63) is 86.8 Å². The van der Waals surface area contributed by atoms with Gasteiger partial charge in [0.1, 0.15) is 0 Å². The lowest BCUT2D eigenvalue weighted by Gasteiger charge is -2.43. The van der Waals surface area contributed by atoms with Gasteiger partial charge in [-0.2, -0.15) is 0 Å². The van der Waals surface area contributed by atoms with Gasteiger partial charge in [0.25, 0.3) is 5.56 Å². The first kappa shape index (κ1) is 21.9. The van der Waals surface area contributed by atoms with E-state index in [9.17, 15) is 4.79 Å². The second-order valence-electron chi connectivity index (χ2n) is 9.73. The highest BCUT2D eigenvalue weighted by atomic mass is 16.1. The second-order valence-corrected chi connectivity index (χ2v) is 9.73. The van der Waals surface area contributed by atoms with Crippen molar-refractivity contribution in [3.63, 3.8) is 0 Å². The van der Waals surface area contributed by atoms with Crippen LogP contribution in [0.3, 0.4) is 0 Å². The minimum atomic E-state index is 0.0932. The summed E-state index contributed by atoms with van der Waals surface area (Å²) in [6, 6.07) is 17.3. The van der Waals surface area contributed by atoms with E-state index in [4.69, 9.17) is 4.98 Å². The van der Waals surface area contributed by atoms with Gasteiger partial charge in [-0.05, 0) is 62.4 Å². The van der Waals surface area contributed by atoms with Gasteiger partial charge in [0, 0.05) is 23.7 Å². The number of fused-ring (bicyclic) bond motifs is 1. The average molecular weight is 443 g/mol. The zero-order valence-corrected chi connectivity index (χ0v) is 20.1. The van der Waals surface area contributed by atoms with Crippen molar-refractivity contribution in [1.29, 1.82) is 0 Å². The van der Waals surface area contributed by atoms with E-state index in [1.165, 1.54) is 43.2 Å². The van der Waals surface area contributed by atoms with Crippen molar-refractivity contribution in [2.24, 2.45) is 0 Å². The van der Waals surface area contributed by atoms with E-state index in [0.717, 1.165) is 35.1 Å². The molecule has 0 saturated heterocycles. The topological polar surface area (TPSA) is 41.4 Å². The van der Waals surface area contributed by atoms with Gasteiger partial charge in [0.15, 0.2) is 0 Å². The molecule has 172 valence electrons. The second kappa shape index (κ2) is 9.14. The first-order chi connectivity index (χ1) is 16.0. The van der Waals surface area contributed by atoms with Gasteiger partial charge in [-0.1, -0.05) is 55.7 Å². The molecule has 1 aliphatic heterocycles. The largest absolute Gasteiger partial charge is 0.298 e.